The number of hydrogen-bond acceptors (Lipinski definition) is 3. The summed E-state index contributed by atoms with van der Waals surface area (Å²) in [5.41, 5.74) is -1.59. The zero-order valence-corrected chi connectivity index (χ0v) is 10.3. The van der Waals surface area contributed by atoms with Gasteiger partial charge < -0.3 is 10.4 Å². The number of aliphatic carboxylic acids is 1. The first kappa shape index (κ1) is 13.9. The highest BCUT2D eigenvalue weighted by Gasteiger charge is 2.49. The third-order valence-electron chi connectivity index (χ3n) is 3.07. The van der Waals surface area contributed by atoms with Crippen LogP contribution < -0.4 is 5.32 Å². The van der Waals surface area contributed by atoms with Gasteiger partial charge in [-0.05, 0) is 24.6 Å². The van der Waals surface area contributed by atoms with Crippen molar-refractivity contribution in [1.82, 2.24) is 10.2 Å². The highest BCUT2D eigenvalue weighted by molar-refractivity contribution is 6.08. The Morgan fingerprint density at radius 3 is 2.55 bits per heavy atom. The van der Waals surface area contributed by atoms with Crippen LogP contribution in [0, 0.1) is 11.6 Å². The fourth-order valence-electron chi connectivity index (χ4n) is 1.98. The van der Waals surface area contributed by atoms with E-state index in [0.29, 0.717) is 4.90 Å². The molecule has 1 aliphatic heterocycles. The van der Waals surface area contributed by atoms with Gasteiger partial charge in [-0.25, -0.2) is 13.6 Å². The second kappa shape index (κ2) is 4.55. The Balaban J connectivity index is 2.40. The van der Waals surface area contributed by atoms with Gasteiger partial charge in [-0.2, -0.15) is 0 Å². The molecule has 1 atom stereocenters. The lowest BCUT2D eigenvalue weighted by Gasteiger charge is -2.22. The van der Waals surface area contributed by atoms with Crippen molar-refractivity contribution in [2.45, 2.75) is 12.5 Å². The van der Waals surface area contributed by atoms with Gasteiger partial charge in [0, 0.05) is 0 Å². The molecule has 1 aliphatic rings. The molecule has 106 valence electrons. The number of imide groups is 1. The summed E-state index contributed by atoms with van der Waals surface area (Å²) in [6.07, 6.45) is 0. The average molecular weight is 284 g/mol. The van der Waals surface area contributed by atoms with Crippen LogP contribution in [0.4, 0.5) is 13.6 Å². The molecule has 1 fully saturated rings. The standard InChI is InChI=1S/C12H10F2N2O4/c1-12(6-2-3-7(13)8(14)4-6)10(19)16(5-9(17)18)11(20)15-12/h2-4H,5H2,1H3,(H,15,20)(H,17,18). The van der Waals surface area contributed by atoms with Gasteiger partial charge in [-0.1, -0.05) is 6.07 Å². The summed E-state index contributed by atoms with van der Waals surface area (Å²) in [6.45, 7) is 0.492. The molecule has 0 spiro atoms. The van der Waals surface area contributed by atoms with Gasteiger partial charge in [0.1, 0.15) is 12.1 Å². The van der Waals surface area contributed by atoms with E-state index in [1.165, 1.54) is 6.92 Å². The van der Waals surface area contributed by atoms with Crippen LogP contribution in [-0.4, -0.2) is 34.5 Å². The van der Waals surface area contributed by atoms with Crippen molar-refractivity contribution in [2.24, 2.45) is 0 Å². The number of halogens is 2. The molecule has 1 aromatic carbocycles. The first-order valence-electron chi connectivity index (χ1n) is 5.57. The lowest BCUT2D eigenvalue weighted by atomic mass is 9.92. The van der Waals surface area contributed by atoms with E-state index in [4.69, 9.17) is 5.11 Å². The number of nitrogens with zero attached hydrogens (tertiary/aromatic N) is 1. The second-order valence-corrected chi connectivity index (χ2v) is 4.47. The Morgan fingerprint density at radius 2 is 2.00 bits per heavy atom. The maximum absolute atomic E-state index is 13.2. The van der Waals surface area contributed by atoms with Crippen LogP contribution in [0.3, 0.4) is 0 Å². The molecule has 0 saturated carbocycles. The number of hydrogen-bond donors (Lipinski definition) is 2. The van der Waals surface area contributed by atoms with Crippen molar-refractivity contribution in [2.75, 3.05) is 6.54 Å². The predicted octanol–water partition coefficient (Wildman–Crippen LogP) is 0.816. The van der Waals surface area contributed by atoms with Crippen LogP contribution in [0.5, 0.6) is 0 Å². The number of urea groups is 1. The zero-order chi connectivity index (χ0) is 15.1. The van der Waals surface area contributed by atoms with Crippen molar-refractivity contribution in [3.05, 3.63) is 35.4 Å². The molecule has 6 nitrogen and oxygen atoms in total. The summed E-state index contributed by atoms with van der Waals surface area (Å²) < 4.78 is 26.1. The quantitative estimate of drug-likeness (QED) is 0.804. The summed E-state index contributed by atoms with van der Waals surface area (Å²) in [4.78, 5) is 34.9. The molecule has 0 aromatic heterocycles. The Hall–Kier alpha value is -2.51. The smallest absolute Gasteiger partial charge is 0.325 e. The van der Waals surface area contributed by atoms with Crippen molar-refractivity contribution in [1.29, 1.82) is 0 Å². The van der Waals surface area contributed by atoms with Crippen LogP contribution in [0.1, 0.15) is 12.5 Å². The average Bonchev–Trinajstić information content (AvgIpc) is 2.57. The SMILES string of the molecule is CC1(c2ccc(F)c(F)c2)NC(=O)N(CC(=O)O)C1=O. The number of amides is 3. The van der Waals surface area contributed by atoms with E-state index < -0.39 is 41.6 Å². The van der Waals surface area contributed by atoms with Crippen LogP contribution in [-0.2, 0) is 15.1 Å². The van der Waals surface area contributed by atoms with E-state index in [-0.39, 0.29) is 5.56 Å². The van der Waals surface area contributed by atoms with E-state index in [0.717, 1.165) is 18.2 Å². The molecular weight excluding hydrogens is 274 g/mol. The van der Waals surface area contributed by atoms with E-state index in [1.54, 1.807) is 0 Å². The number of benzene rings is 1. The third kappa shape index (κ3) is 2.09. The number of carboxylic acid groups (broad SMARTS) is 1. The molecule has 1 heterocycles. The van der Waals surface area contributed by atoms with E-state index in [2.05, 4.69) is 5.32 Å². The molecule has 1 aromatic rings. The number of carbonyl (C=O) groups is 3. The molecular formula is C12H10F2N2O4. The zero-order valence-electron chi connectivity index (χ0n) is 10.3. The van der Waals surface area contributed by atoms with Crippen LogP contribution in [0.25, 0.3) is 0 Å². The minimum Gasteiger partial charge on any atom is -0.480 e. The topological polar surface area (TPSA) is 86.7 Å². The van der Waals surface area contributed by atoms with E-state index in [9.17, 15) is 23.2 Å². The summed E-state index contributed by atoms with van der Waals surface area (Å²) >= 11 is 0. The number of carboxylic acids is 1. The molecule has 0 radical (unpaired) electrons. The van der Waals surface area contributed by atoms with Gasteiger partial charge in [0.25, 0.3) is 5.91 Å². The maximum atomic E-state index is 13.2. The molecule has 3 amide bonds. The normalized spacial score (nSPS) is 22.1. The Kier molecular flexibility index (Phi) is 3.16. The minimum absolute atomic E-state index is 0.0302. The molecule has 0 bridgehead atoms. The summed E-state index contributed by atoms with van der Waals surface area (Å²) in [6, 6.07) is 1.87. The summed E-state index contributed by atoms with van der Waals surface area (Å²) in [5, 5.41) is 10.9. The molecule has 0 aliphatic carbocycles. The van der Waals surface area contributed by atoms with Gasteiger partial charge in [0.2, 0.25) is 0 Å². The summed E-state index contributed by atoms with van der Waals surface area (Å²) in [7, 11) is 0. The van der Waals surface area contributed by atoms with Crippen molar-refractivity contribution in [3.8, 4) is 0 Å². The number of nitrogens with one attached hydrogen (secondary N) is 1. The van der Waals surface area contributed by atoms with Crippen molar-refractivity contribution < 1.29 is 28.3 Å². The predicted molar refractivity (Wildman–Crippen MR) is 61.6 cm³/mol. The fourth-order valence-corrected chi connectivity index (χ4v) is 1.98. The lowest BCUT2D eigenvalue weighted by molar-refractivity contribution is -0.142. The number of rotatable bonds is 3. The van der Waals surface area contributed by atoms with Gasteiger partial charge in [0.15, 0.2) is 11.6 Å². The van der Waals surface area contributed by atoms with Crippen LogP contribution in [0.2, 0.25) is 0 Å². The Morgan fingerprint density at radius 1 is 1.35 bits per heavy atom. The first-order valence-corrected chi connectivity index (χ1v) is 5.57. The summed E-state index contributed by atoms with van der Waals surface area (Å²) in [5.74, 6) is -4.45. The molecule has 20 heavy (non-hydrogen) atoms. The van der Waals surface area contributed by atoms with Gasteiger partial charge in [-0.3, -0.25) is 14.5 Å². The van der Waals surface area contributed by atoms with Gasteiger partial charge in [-0.15, -0.1) is 0 Å². The highest BCUT2D eigenvalue weighted by atomic mass is 19.2. The molecule has 1 saturated heterocycles. The van der Waals surface area contributed by atoms with Gasteiger partial charge >= 0.3 is 12.0 Å². The van der Waals surface area contributed by atoms with E-state index in [1.807, 2.05) is 0 Å². The Labute approximate surface area is 112 Å². The number of carbonyl (C=O) groups excluding carboxylic acids is 2. The second-order valence-electron chi connectivity index (χ2n) is 4.47. The largest absolute Gasteiger partial charge is 0.480 e. The van der Waals surface area contributed by atoms with E-state index >= 15 is 0 Å². The Bertz CT molecular complexity index is 619. The highest BCUT2D eigenvalue weighted by Crippen LogP contribution is 2.29. The molecule has 1 unspecified atom stereocenters. The lowest BCUT2D eigenvalue weighted by Crippen LogP contribution is -2.41. The van der Waals surface area contributed by atoms with Crippen LogP contribution >= 0.6 is 0 Å². The van der Waals surface area contributed by atoms with Crippen LogP contribution in [0.15, 0.2) is 18.2 Å². The molecule has 2 N–H and O–H groups in total. The minimum atomic E-state index is -1.62. The molecule has 2 rings (SSSR count). The fraction of sp³-hybridized carbons (Fsp3) is 0.250. The first-order chi connectivity index (χ1) is 9.25. The monoisotopic (exact) mass is 284 g/mol. The van der Waals surface area contributed by atoms with Crippen molar-refractivity contribution in [3.63, 3.8) is 0 Å². The van der Waals surface area contributed by atoms with Gasteiger partial charge in [0.05, 0.1) is 0 Å². The maximum Gasteiger partial charge on any atom is 0.325 e. The third-order valence-corrected chi connectivity index (χ3v) is 3.07. The van der Waals surface area contributed by atoms with Crippen molar-refractivity contribution >= 4 is 17.9 Å². The molecule has 8 heteroatoms.